The van der Waals surface area contributed by atoms with Crippen molar-refractivity contribution in [2.24, 2.45) is 0 Å². The number of amides is 1. The average molecular weight is 515 g/mol. The SMILES string of the molecule is O=C1CC=C(NC(=O)c2cnn(Cc3ccc(Cl)cc3)c2)C=C1c1cc2cc(CCCCO)ccc2[nH]1. The van der Waals surface area contributed by atoms with Crippen molar-refractivity contribution in [3.8, 4) is 0 Å². The van der Waals surface area contributed by atoms with Gasteiger partial charge in [-0.3, -0.25) is 14.3 Å². The highest BCUT2D eigenvalue weighted by Gasteiger charge is 2.20. The molecule has 1 aliphatic carbocycles. The van der Waals surface area contributed by atoms with Crippen molar-refractivity contribution in [2.45, 2.75) is 32.2 Å². The third kappa shape index (κ3) is 5.90. The number of hydrogen-bond acceptors (Lipinski definition) is 4. The van der Waals surface area contributed by atoms with E-state index < -0.39 is 0 Å². The first-order valence-electron chi connectivity index (χ1n) is 12.2. The molecule has 37 heavy (non-hydrogen) atoms. The highest BCUT2D eigenvalue weighted by molar-refractivity contribution is 6.30. The van der Waals surface area contributed by atoms with Crippen LogP contribution in [-0.2, 0) is 17.8 Å². The lowest BCUT2D eigenvalue weighted by Crippen LogP contribution is -2.23. The minimum Gasteiger partial charge on any atom is -0.396 e. The van der Waals surface area contributed by atoms with E-state index in [-0.39, 0.29) is 24.7 Å². The summed E-state index contributed by atoms with van der Waals surface area (Å²) in [6.07, 6.45) is 9.48. The standard InChI is InChI=1S/C29H27ClN4O3/c30-23-7-4-20(5-8-23)17-34-18-22(16-31-34)29(37)32-24-9-11-28(36)25(15-24)27-14-21-13-19(3-1-2-12-35)6-10-26(21)33-27/h4-10,13-16,18,33,35H,1-3,11-12,17H2,(H,32,37). The van der Waals surface area contributed by atoms with Crippen LogP contribution in [0, 0.1) is 0 Å². The molecular weight excluding hydrogens is 488 g/mol. The zero-order valence-corrected chi connectivity index (χ0v) is 21.0. The molecule has 0 atom stereocenters. The van der Waals surface area contributed by atoms with Crippen LogP contribution in [0.5, 0.6) is 0 Å². The molecule has 0 unspecified atom stereocenters. The van der Waals surface area contributed by atoms with E-state index in [1.165, 1.54) is 11.8 Å². The number of aryl methyl sites for hydroxylation is 1. The number of allylic oxidation sites excluding steroid dienone is 3. The normalized spacial score (nSPS) is 13.5. The second kappa shape index (κ2) is 11.0. The number of aromatic nitrogens is 3. The van der Waals surface area contributed by atoms with Crippen LogP contribution in [0.4, 0.5) is 0 Å². The summed E-state index contributed by atoms with van der Waals surface area (Å²) in [5.41, 5.74) is 5.44. The van der Waals surface area contributed by atoms with Gasteiger partial charge in [0.15, 0.2) is 5.78 Å². The summed E-state index contributed by atoms with van der Waals surface area (Å²) in [5.74, 6) is -0.300. The van der Waals surface area contributed by atoms with E-state index in [9.17, 15) is 9.59 Å². The number of halogens is 1. The van der Waals surface area contributed by atoms with E-state index in [0.717, 1.165) is 41.4 Å². The van der Waals surface area contributed by atoms with Crippen LogP contribution in [-0.4, -0.2) is 38.2 Å². The van der Waals surface area contributed by atoms with Crippen molar-refractivity contribution < 1.29 is 14.7 Å². The molecule has 7 nitrogen and oxygen atoms in total. The van der Waals surface area contributed by atoms with E-state index in [1.807, 2.05) is 36.4 Å². The number of fused-ring (bicyclic) bond motifs is 1. The topological polar surface area (TPSA) is 100 Å². The quantitative estimate of drug-likeness (QED) is 0.272. The average Bonchev–Trinajstić information content (AvgIpc) is 3.54. The Morgan fingerprint density at radius 1 is 1.11 bits per heavy atom. The van der Waals surface area contributed by atoms with Crippen molar-refractivity contribution in [3.63, 3.8) is 0 Å². The van der Waals surface area contributed by atoms with Crippen LogP contribution in [0.1, 0.15) is 46.4 Å². The second-order valence-electron chi connectivity index (χ2n) is 9.14. The molecule has 3 N–H and O–H groups in total. The minimum atomic E-state index is -0.289. The van der Waals surface area contributed by atoms with E-state index in [0.29, 0.717) is 28.4 Å². The van der Waals surface area contributed by atoms with Gasteiger partial charge in [-0.25, -0.2) is 0 Å². The summed E-state index contributed by atoms with van der Waals surface area (Å²) in [6.45, 7) is 0.722. The van der Waals surface area contributed by atoms with Gasteiger partial charge in [-0.15, -0.1) is 0 Å². The molecule has 0 bridgehead atoms. The Morgan fingerprint density at radius 2 is 1.92 bits per heavy atom. The highest BCUT2D eigenvalue weighted by atomic mass is 35.5. The largest absolute Gasteiger partial charge is 0.396 e. The Balaban J connectivity index is 1.28. The van der Waals surface area contributed by atoms with Crippen molar-refractivity contribution in [2.75, 3.05) is 6.61 Å². The Hall–Kier alpha value is -3.94. The maximum absolute atomic E-state index is 12.9. The Labute approximate surface area is 219 Å². The molecule has 0 saturated heterocycles. The molecule has 2 aromatic heterocycles. The van der Waals surface area contributed by atoms with Gasteiger partial charge in [-0.1, -0.05) is 35.9 Å². The highest BCUT2D eigenvalue weighted by Crippen LogP contribution is 2.27. The van der Waals surface area contributed by atoms with Crippen molar-refractivity contribution in [1.82, 2.24) is 20.1 Å². The van der Waals surface area contributed by atoms with Gasteiger partial charge in [-0.05, 0) is 66.8 Å². The summed E-state index contributed by atoms with van der Waals surface area (Å²) in [5, 5.41) is 17.9. The predicted molar refractivity (Wildman–Crippen MR) is 144 cm³/mol. The summed E-state index contributed by atoms with van der Waals surface area (Å²) in [6, 6.07) is 15.6. The number of rotatable bonds is 9. The fourth-order valence-corrected chi connectivity index (χ4v) is 4.52. The van der Waals surface area contributed by atoms with Crippen LogP contribution in [0.15, 0.2) is 78.8 Å². The molecule has 0 spiro atoms. The number of aliphatic hydroxyl groups excluding tert-OH is 1. The molecule has 1 amide bonds. The fourth-order valence-electron chi connectivity index (χ4n) is 4.39. The molecule has 5 rings (SSSR count). The molecule has 2 heterocycles. The number of aliphatic hydroxyl groups is 1. The van der Waals surface area contributed by atoms with Gasteiger partial charge in [0.25, 0.3) is 5.91 Å². The molecule has 2 aromatic carbocycles. The lowest BCUT2D eigenvalue weighted by Gasteiger charge is -2.13. The van der Waals surface area contributed by atoms with Gasteiger partial charge >= 0.3 is 0 Å². The molecule has 8 heteroatoms. The van der Waals surface area contributed by atoms with Crippen LogP contribution >= 0.6 is 11.6 Å². The molecule has 0 aliphatic heterocycles. The lowest BCUT2D eigenvalue weighted by molar-refractivity contribution is -0.113. The lowest BCUT2D eigenvalue weighted by atomic mass is 9.98. The van der Waals surface area contributed by atoms with Gasteiger partial charge in [0.2, 0.25) is 0 Å². The van der Waals surface area contributed by atoms with Gasteiger partial charge < -0.3 is 15.4 Å². The molecule has 4 aromatic rings. The number of hydrogen-bond donors (Lipinski definition) is 3. The number of Topliss-reactive ketones (excluding diaryl/α,β-unsaturated/α-hetero) is 1. The van der Waals surface area contributed by atoms with E-state index in [1.54, 1.807) is 23.0 Å². The Morgan fingerprint density at radius 3 is 2.73 bits per heavy atom. The first-order valence-corrected chi connectivity index (χ1v) is 12.6. The number of aromatic amines is 1. The molecule has 0 radical (unpaired) electrons. The first-order chi connectivity index (χ1) is 18.0. The van der Waals surface area contributed by atoms with E-state index in [2.05, 4.69) is 27.5 Å². The zero-order valence-electron chi connectivity index (χ0n) is 20.2. The maximum atomic E-state index is 12.9. The summed E-state index contributed by atoms with van der Waals surface area (Å²) in [4.78, 5) is 28.9. The molecular formula is C29H27ClN4O3. The molecule has 1 aliphatic rings. The van der Waals surface area contributed by atoms with Crippen LogP contribution in [0.3, 0.4) is 0 Å². The summed E-state index contributed by atoms with van der Waals surface area (Å²) >= 11 is 5.94. The number of benzene rings is 2. The molecule has 0 saturated carbocycles. The van der Waals surface area contributed by atoms with Crippen LogP contribution < -0.4 is 5.32 Å². The molecule has 188 valence electrons. The molecule has 0 fully saturated rings. The minimum absolute atomic E-state index is 0.0106. The number of ketones is 1. The van der Waals surface area contributed by atoms with Gasteiger partial charge in [-0.2, -0.15) is 5.10 Å². The fraction of sp³-hybridized carbons (Fsp3) is 0.207. The van der Waals surface area contributed by atoms with Gasteiger partial charge in [0.1, 0.15) is 0 Å². The number of nitrogens with zero attached hydrogens (tertiary/aromatic N) is 2. The zero-order chi connectivity index (χ0) is 25.8. The Kier molecular flexibility index (Phi) is 7.35. The third-order valence-corrected chi connectivity index (χ3v) is 6.62. The first kappa shape index (κ1) is 24.7. The maximum Gasteiger partial charge on any atom is 0.258 e. The summed E-state index contributed by atoms with van der Waals surface area (Å²) < 4.78 is 1.70. The number of H-pyrrole nitrogens is 1. The van der Waals surface area contributed by atoms with Crippen LogP contribution in [0.2, 0.25) is 5.02 Å². The monoisotopic (exact) mass is 514 g/mol. The predicted octanol–water partition coefficient (Wildman–Crippen LogP) is 5.05. The van der Waals surface area contributed by atoms with Crippen LogP contribution in [0.25, 0.3) is 16.5 Å². The smallest absolute Gasteiger partial charge is 0.258 e. The van der Waals surface area contributed by atoms with Crippen molar-refractivity contribution >= 4 is 39.8 Å². The number of carbonyl (C=O) groups is 2. The number of nitrogens with one attached hydrogen (secondary N) is 2. The van der Waals surface area contributed by atoms with Gasteiger partial charge in [0.05, 0.1) is 24.0 Å². The number of carbonyl (C=O) groups excluding carboxylic acids is 2. The number of unbranched alkanes of at least 4 members (excludes halogenated alkanes) is 1. The van der Waals surface area contributed by atoms with E-state index in [4.69, 9.17) is 16.7 Å². The van der Waals surface area contributed by atoms with E-state index >= 15 is 0 Å². The Bertz CT molecular complexity index is 1510. The summed E-state index contributed by atoms with van der Waals surface area (Å²) in [7, 11) is 0. The third-order valence-electron chi connectivity index (χ3n) is 6.37. The second-order valence-corrected chi connectivity index (χ2v) is 9.57. The van der Waals surface area contributed by atoms with Gasteiger partial charge in [0, 0.05) is 46.4 Å². The van der Waals surface area contributed by atoms with Crippen molar-refractivity contribution in [1.29, 1.82) is 0 Å². The van der Waals surface area contributed by atoms with Crippen molar-refractivity contribution in [3.05, 3.63) is 106 Å².